The van der Waals surface area contributed by atoms with Gasteiger partial charge in [0.1, 0.15) is 13.2 Å². The van der Waals surface area contributed by atoms with Crippen LogP contribution in [0.4, 0.5) is 9.59 Å². The molecule has 0 saturated heterocycles. The van der Waals surface area contributed by atoms with Crippen molar-refractivity contribution >= 4 is 27.0 Å². The molecule has 0 saturated carbocycles. The molecule has 0 unspecified atom stereocenters. The molecule has 2 amide bonds. The number of carbonyl (C=O) groups is 3. The van der Waals surface area contributed by atoms with Crippen LogP contribution < -0.4 is 16.0 Å². The summed E-state index contributed by atoms with van der Waals surface area (Å²) < 4.78 is 30.9. The summed E-state index contributed by atoms with van der Waals surface area (Å²) in [6.45, 7) is 8.30. The Hall–Kier alpha value is -2.19. The Morgan fingerprint density at radius 1 is 0.649 bits per heavy atom. The van der Waals surface area contributed by atoms with Gasteiger partial charge in [-0.3, -0.25) is 0 Å². The Bertz CT molecular complexity index is 641. The zero-order chi connectivity index (χ0) is 27.8. The Labute approximate surface area is 222 Å². The number of rotatable bonds is 23. The van der Waals surface area contributed by atoms with E-state index in [0.29, 0.717) is 31.1 Å². The van der Waals surface area contributed by atoms with Crippen LogP contribution in [-0.4, -0.2) is 94.3 Å². The number of unbranched alkanes of at least 4 members (excludes halogenated alkanes) is 4. The lowest BCUT2D eigenvalue weighted by Crippen LogP contribution is -2.42. The van der Waals surface area contributed by atoms with Crippen molar-refractivity contribution in [3.05, 3.63) is 12.2 Å². The molecule has 0 aliphatic carbocycles. The maximum Gasteiger partial charge on any atom is 0.500 e. The monoisotopic (exact) mass is 549 g/mol. The molecule has 0 aromatic carbocycles. The predicted molar refractivity (Wildman–Crippen MR) is 141 cm³/mol. The number of esters is 1. The molecular formula is C24H47N3O9Si. The van der Waals surface area contributed by atoms with Gasteiger partial charge in [-0.15, -0.1) is 0 Å². The van der Waals surface area contributed by atoms with Gasteiger partial charge >= 0.3 is 27.0 Å². The number of ether oxygens (including phenoxy) is 3. The molecule has 12 nitrogen and oxygen atoms in total. The van der Waals surface area contributed by atoms with E-state index in [0.717, 1.165) is 51.6 Å². The van der Waals surface area contributed by atoms with Gasteiger partial charge in [-0.2, -0.15) is 0 Å². The summed E-state index contributed by atoms with van der Waals surface area (Å²) >= 11 is 0. The molecule has 0 heterocycles. The van der Waals surface area contributed by atoms with Crippen molar-refractivity contribution in [2.24, 2.45) is 0 Å². The molecule has 0 bridgehead atoms. The molecule has 0 aromatic rings. The van der Waals surface area contributed by atoms with Crippen LogP contribution in [0, 0.1) is 0 Å². The number of hydrogen-bond donors (Lipinski definition) is 3. The van der Waals surface area contributed by atoms with Gasteiger partial charge < -0.3 is 43.4 Å². The number of nitrogens with one attached hydrogen (secondary N) is 3. The van der Waals surface area contributed by atoms with Gasteiger partial charge in [0.2, 0.25) is 0 Å². The van der Waals surface area contributed by atoms with Crippen LogP contribution in [0.3, 0.4) is 0 Å². The van der Waals surface area contributed by atoms with E-state index < -0.39 is 27.0 Å². The largest absolute Gasteiger partial charge is 0.500 e. The molecule has 0 aromatic heterocycles. The Balaban J connectivity index is 3.42. The van der Waals surface area contributed by atoms with Gasteiger partial charge in [-0.1, -0.05) is 19.4 Å². The lowest BCUT2D eigenvalue weighted by molar-refractivity contribution is -0.139. The van der Waals surface area contributed by atoms with Gasteiger partial charge in [0.25, 0.3) is 0 Å². The second kappa shape index (κ2) is 23.0. The average molecular weight is 550 g/mol. The van der Waals surface area contributed by atoms with E-state index in [1.165, 1.54) is 0 Å². The van der Waals surface area contributed by atoms with Gasteiger partial charge in [0.15, 0.2) is 0 Å². The van der Waals surface area contributed by atoms with Crippen LogP contribution in [-0.2, 0) is 32.3 Å². The van der Waals surface area contributed by atoms with E-state index in [2.05, 4.69) is 22.5 Å². The first-order chi connectivity index (χ1) is 17.8. The molecule has 0 rings (SSSR count). The lowest BCUT2D eigenvalue weighted by Gasteiger charge is -2.24. The molecule has 0 atom stereocenters. The number of amides is 2. The highest BCUT2D eigenvalue weighted by molar-refractivity contribution is 6.60. The molecular weight excluding hydrogens is 502 g/mol. The molecule has 0 aliphatic heterocycles. The van der Waals surface area contributed by atoms with Crippen molar-refractivity contribution in [3.8, 4) is 0 Å². The highest BCUT2D eigenvalue weighted by Gasteiger charge is 2.37. The maximum atomic E-state index is 11.7. The standard InChI is InChI=1S/C24H47N3O9Si/c1-21(2)22(28)34-18-19-36-24(30)27-16-11-7-9-14-25-13-8-6-10-15-26-23(29)35-17-12-20-37(31-3,32-4)33-5/h25H,1,6-20H2,2-5H3,(H,26,29)(H,27,30). The van der Waals surface area contributed by atoms with Gasteiger partial charge in [0, 0.05) is 46.0 Å². The van der Waals surface area contributed by atoms with Gasteiger partial charge in [0.05, 0.1) is 6.61 Å². The minimum absolute atomic E-state index is 0.0104. The van der Waals surface area contributed by atoms with E-state index in [4.69, 9.17) is 27.5 Å². The van der Waals surface area contributed by atoms with Crippen molar-refractivity contribution in [1.82, 2.24) is 16.0 Å². The molecule has 0 aliphatic rings. The lowest BCUT2D eigenvalue weighted by atomic mass is 10.2. The third-order valence-electron chi connectivity index (χ3n) is 5.29. The van der Waals surface area contributed by atoms with Crippen molar-refractivity contribution < 1.29 is 41.9 Å². The van der Waals surface area contributed by atoms with Crippen LogP contribution in [0.2, 0.25) is 6.04 Å². The van der Waals surface area contributed by atoms with Crippen LogP contribution in [0.5, 0.6) is 0 Å². The zero-order valence-electron chi connectivity index (χ0n) is 23.0. The van der Waals surface area contributed by atoms with Gasteiger partial charge in [-0.05, 0) is 52.1 Å². The first-order valence-electron chi connectivity index (χ1n) is 12.8. The SMILES string of the molecule is C=C(C)C(=O)OCCOC(=O)NCCCCCNCCCCCNC(=O)OCCC[Si](OC)(OC)OC. The Kier molecular flexibility index (Phi) is 21.6. The van der Waals surface area contributed by atoms with Crippen molar-refractivity contribution in [2.75, 3.05) is 67.3 Å². The zero-order valence-corrected chi connectivity index (χ0v) is 24.0. The maximum absolute atomic E-state index is 11.7. The second-order valence-corrected chi connectivity index (χ2v) is 11.4. The van der Waals surface area contributed by atoms with Crippen molar-refractivity contribution in [1.29, 1.82) is 0 Å². The van der Waals surface area contributed by atoms with E-state index in [1.807, 2.05) is 0 Å². The predicted octanol–water partition coefficient (Wildman–Crippen LogP) is 2.76. The van der Waals surface area contributed by atoms with Crippen LogP contribution in [0.25, 0.3) is 0 Å². The van der Waals surface area contributed by atoms with E-state index >= 15 is 0 Å². The fraction of sp³-hybridized carbons (Fsp3) is 0.792. The highest BCUT2D eigenvalue weighted by Crippen LogP contribution is 2.14. The second-order valence-electron chi connectivity index (χ2n) is 8.31. The van der Waals surface area contributed by atoms with Crippen molar-refractivity contribution in [3.63, 3.8) is 0 Å². The molecule has 37 heavy (non-hydrogen) atoms. The minimum Gasteiger partial charge on any atom is -0.459 e. The number of carbonyl (C=O) groups excluding carboxylic acids is 3. The fourth-order valence-corrected chi connectivity index (χ4v) is 4.80. The first kappa shape index (κ1) is 34.8. The third kappa shape index (κ3) is 19.6. The Morgan fingerprint density at radius 3 is 1.59 bits per heavy atom. The minimum atomic E-state index is -2.61. The summed E-state index contributed by atoms with van der Waals surface area (Å²) in [6.07, 6.45) is 5.48. The molecule has 0 radical (unpaired) electrons. The Morgan fingerprint density at radius 2 is 1.11 bits per heavy atom. The number of alkyl carbamates (subject to hydrolysis) is 2. The van der Waals surface area contributed by atoms with E-state index in [-0.39, 0.29) is 19.8 Å². The van der Waals surface area contributed by atoms with Crippen LogP contribution in [0.15, 0.2) is 12.2 Å². The summed E-state index contributed by atoms with van der Waals surface area (Å²) in [5.41, 5.74) is 0.306. The first-order valence-corrected chi connectivity index (χ1v) is 14.7. The van der Waals surface area contributed by atoms with Crippen LogP contribution in [0.1, 0.15) is 51.9 Å². The van der Waals surface area contributed by atoms with Crippen molar-refractivity contribution in [2.45, 2.75) is 57.9 Å². The molecule has 0 fully saturated rings. The summed E-state index contributed by atoms with van der Waals surface area (Å²) in [4.78, 5) is 34.4. The van der Waals surface area contributed by atoms with Gasteiger partial charge in [-0.25, -0.2) is 14.4 Å². The molecule has 216 valence electrons. The topological polar surface area (TPSA) is 143 Å². The third-order valence-corrected chi connectivity index (χ3v) is 8.12. The van der Waals surface area contributed by atoms with E-state index in [9.17, 15) is 14.4 Å². The summed E-state index contributed by atoms with van der Waals surface area (Å²) in [7, 11) is 2.06. The van der Waals surface area contributed by atoms with Crippen LogP contribution >= 0.6 is 0 Å². The summed E-state index contributed by atoms with van der Waals surface area (Å²) in [5.74, 6) is -0.499. The quantitative estimate of drug-likeness (QED) is 0.0572. The normalized spacial score (nSPS) is 11.0. The molecule has 13 heteroatoms. The molecule has 3 N–H and O–H groups in total. The summed E-state index contributed by atoms with van der Waals surface area (Å²) in [5, 5.41) is 8.82. The smallest absolute Gasteiger partial charge is 0.459 e. The average Bonchev–Trinajstić information content (AvgIpc) is 2.89. The molecule has 0 spiro atoms. The number of hydrogen-bond acceptors (Lipinski definition) is 10. The van der Waals surface area contributed by atoms with E-state index in [1.54, 1.807) is 28.3 Å². The summed E-state index contributed by atoms with van der Waals surface area (Å²) in [6, 6.07) is 0.583. The highest BCUT2D eigenvalue weighted by atomic mass is 28.4. The fourth-order valence-electron chi connectivity index (χ4n) is 3.11.